The molecule has 2 aromatic heterocycles. The van der Waals surface area contributed by atoms with Crippen molar-refractivity contribution < 1.29 is 24.8 Å². The fourth-order valence-corrected chi connectivity index (χ4v) is 6.29. The van der Waals surface area contributed by atoms with Gasteiger partial charge in [-0.2, -0.15) is 10.4 Å². The predicted molar refractivity (Wildman–Crippen MR) is 144 cm³/mol. The van der Waals surface area contributed by atoms with Gasteiger partial charge in [0.25, 0.3) is 0 Å². The molecule has 0 amide bonds. The van der Waals surface area contributed by atoms with E-state index in [1.54, 1.807) is 30.1 Å². The summed E-state index contributed by atoms with van der Waals surface area (Å²) in [5, 5.41) is 49.3. The Morgan fingerprint density at radius 2 is 1.80 bits per heavy atom. The minimum atomic E-state index is -1.20. The van der Waals surface area contributed by atoms with Crippen molar-refractivity contribution in [2.24, 2.45) is 0 Å². The highest BCUT2D eigenvalue weighted by atomic mass is 16.6. The van der Waals surface area contributed by atoms with Crippen LogP contribution in [0.3, 0.4) is 0 Å². The number of hydrogen-bond acceptors (Lipinski definition) is 8. The van der Waals surface area contributed by atoms with Crippen molar-refractivity contribution >= 4 is 10.8 Å². The second-order valence-electron chi connectivity index (χ2n) is 10.4. The van der Waals surface area contributed by atoms with Crippen LogP contribution in [0.25, 0.3) is 22.1 Å². The van der Waals surface area contributed by atoms with Gasteiger partial charge in [0.05, 0.1) is 46.8 Å². The molecule has 1 saturated heterocycles. The van der Waals surface area contributed by atoms with Gasteiger partial charge < -0.3 is 24.8 Å². The van der Waals surface area contributed by atoms with E-state index < -0.39 is 17.3 Å². The molecule has 7 rings (SSSR count). The molecular weight excluding hydrogens is 510 g/mol. The van der Waals surface area contributed by atoms with Crippen molar-refractivity contribution in [3.8, 4) is 35.0 Å². The van der Waals surface area contributed by atoms with E-state index in [-0.39, 0.29) is 24.8 Å². The second kappa shape index (κ2) is 8.58. The topological polar surface area (TPSA) is 139 Å². The van der Waals surface area contributed by atoms with E-state index in [9.17, 15) is 20.6 Å². The first kappa shape index (κ1) is 24.2. The molecule has 3 N–H and O–H groups in total. The lowest BCUT2D eigenvalue weighted by Gasteiger charge is -2.26. The summed E-state index contributed by atoms with van der Waals surface area (Å²) in [4.78, 5) is 3.96. The number of rotatable bonds is 6. The molecule has 1 fully saturated rings. The normalized spacial score (nSPS) is 22.9. The van der Waals surface area contributed by atoms with Crippen molar-refractivity contribution in [2.75, 3.05) is 6.61 Å². The van der Waals surface area contributed by atoms with Crippen LogP contribution in [0.1, 0.15) is 36.5 Å². The van der Waals surface area contributed by atoms with Crippen LogP contribution in [0.4, 0.5) is 0 Å². The first-order valence-corrected chi connectivity index (χ1v) is 12.9. The van der Waals surface area contributed by atoms with Crippen LogP contribution in [0.15, 0.2) is 73.3 Å². The van der Waals surface area contributed by atoms with Crippen molar-refractivity contribution in [1.29, 1.82) is 5.26 Å². The van der Waals surface area contributed by atoms with Crippen LogP contribution in [0.2, 0.25) is 0 Å². The van der Waals surface area contributed by atoms with Crippen molar-refractivity contribution in [1.82, 2.24) is 19.3 Å². The highest BCUT2D eigenvalue weighted by molar-refractivity contribution is 5.95. The largest absolute Gasteiger partial charge is 0.494 e. The Morgan fingerprint density at radius 1 is 1.05 bits per heavy atom. The van der Waals surface area contributed by atoms with Crippen LogP contribution in [-0.4, -0.2) is 47.4 Å². The van der Waals surface area contributed by atoms with E-state index in [1.165, 1.54) is 10.9 Å². The minimum Gasteiger partial charge on any atom is -0.494 e. The molecule has 5 aromatic rings. The number of aliphatic hydroxyl groups excluding tert-OH is 1. The molecule has 0 aliphatic carbocycles. The first-order chi connectivity index (χ1) is 19.4. The van der Waals surface area contributed by atoms with E-state index in [1.807, 2.05) is 48.5 Å². The number of hydrogen-bond donors (Lipinski definition) is 3. The lowest BCUT2D eigenvalue weighted by Crippen LogP contribution is -2.33. The Balaban J connectivity index is 1.24. The van der Waals surface area contributed by atoms with Crippen LogP contribution in [-0.2, 0) is 15.9 Å². The van der Waals surface area contributed by atoms with Crippen molar-refractivity contribution in [3.05, 3.63) is 90.0 Å². The molecular formula is C30H25N5O5. The number of aliphatic hydroxyl groups is 1. The fraction of sp³-hybridized carbons (Fsp3) is 0.233. The Labute approximate surface area is 228 Å². The number of nitrogens with zero attached hydrogens (tertiary/aromatic N) is 5. The number of benzene rings is 3. The van der Waals surface area contributed by atoms with Gasteiger partial charge in [0.2, 0.25) is 11.8 Å². The fourth-order valence-electron chi connectivity index (χ4n) is 6.29. The molecule has 10 nitrogen and oxygen atoms in total. The molecule has 4 heterocycles. The summed E-state index contributed by atoms with van der Waals surface area (Å²) in [7, 11) is 0. The summed E-state index contributed by atoms with van der Waals surface area (Å²) in [5.41, 5.74) is 0.426. The summed E-state index contributed by atoms with van der Waals surface area (Å²) in [5.74, 6) is 0.291. The van der Waals surface area contributed by atoms with Gasteiger partial charge in [0.1, 0.15) is 29.6 Å². The molecule has 1 unspecified atom stereocenters. The average molecular weight is 536 g/mol. The van der Waals surface area contributed by atoms with E-state index in [4.69, 9.17) is 9.47 Å². The van der Waals surface area contributed by atoms with E-state index in [0.717, 1.165) is 5.69 Å². The smallest absolute Gasteiger partial charge is 0.205 e. The molecule has 40 heavy (non-hydrogen) atoms. The SMILES string of the molecule is C[C@]12O[C@](CCOc3ccc(-n4cncn4)cc3)(CC1O)c1c2c(O)n(-c2ccc(C#N)c3ccccc23)c1O. The summed E-state index contributed by atoms with van der Waals surface area (Å²) < 4.78 is 15.5. The monoisotopic (exact) mass is 535 g/mol. The van der Waals surface area contributed by atoms with Gasteiger partial charge in [-0.05, 0) is 43.3 Å². The maximum Gasteiger partial charge on any atom is 0.205 e. The Hall–Kier alpha value is -4.85. The summed E-state index contributed by atoms with van der Waals surface area (Å²) in [6.07, 6.45) is 2.77. The van der Waals surface area contributed by atoms with Crippen LogP contribution in [0, 0.1) is 11.3 Å². The average Bonchev–Trinajstić information content (AvgIpc) is 3.70. The zero-order chi connectivity index (χ0) is 27.6. The third kappa shape index (κ3) is 3.28. The van der Waals surface area contributed by atoms with Gasteiger partial charge in [0.15, 0.2) is 0 Å². The van der Waals surface area contributed by atoms with E-state index in [2.05, 4.69) is 16.2 Å². The molecule has 2 aliphatic rings. The van der Waals surface area contributed by atoms with Crippen LogP contribution < -0.4 is 4.74 Å². The molecule has 3 atom stereocenters. The summed E-state index contributed by atoms with van der Waals surface area (Å²) in [6.45, 7) is 1.98. The number of aromatic hydroxyl groups is 2. The molecule has 2 bridgehead atoms. The van der Waals surface area contributed by atoms with Gasteiger partial charge in [-0.3, -0.25) is 4.57 Å². The van der Waals surface area contributed by atoms with Gasteiger partial charge >= 0.3 is 0 Å². The van der Waals surface area contributed by atoms with Gasteiger partial charge in [-0.25, -0.2) is 9.67 Å². The predicted octanol–water partition coefficient (Wildman–Crippen LogP) is 4.17. The third-order valence-electron chi connectivity index (χ3n) is 8.20. The number of fused-ring (bicyclic) bond motifs is 6. The van der Waals surface area contributed by atoms with E-state index >= 15 is 0 Å². The summed E-state index contributed by atoms with van der Waals surface area (Å²) >= 11 is 0. The maximum atomic E-state index is 11.6. The molecule has 10 heteroatoms. The van der Waals surface area contributed by atoms with Gasteiger partial charge in [-0.1, -0.05) is 24.3 Å². The lowest BCUT2D eigenvalue weighted by atomic mass is 9.76. The number of aromatic nitrogens is 4. The molecule has 200 valence electrons. The lowest BCUT2D eigenvalue weighted by molar-refractivity contribution is -0.107. The minimum absolute atomic E-state index is 0.157. The molecule has 0 radical (unpaired) electrons. The summed E-state index contributed by atoms with van der Waals surface area (Å²) in [6, 6.07) is 20.3. The van der Waals surface area contributed by atoms with Gasteiger partial charge in [-0.15, -0.1) is 0 Å². The Kier molecular flexibility index (Phi) is 5.19. The molecule has 2 aliphatic heterocycles. The highest BCUT2D eigenvalue weighted by Crippen LogP contribution is 2.65. The number of ether oxygens (including phenoxy) is 2. The second-order valence-corrected chi connectivity index (χ2v) is 10.4. The van der Waals surface area contributed by atoms with E-state index in [0.29, 0.717) is 45.3 Å². The maximum absolute atomic E-state index is 11.6. The third-order valence-corrected chi connectivity index (χ3v) is 8.20. The highest BCUT2D eigenvalue weighted by Gasteiger charge is 2.66. The first-order valence-electron chi connectivity index (χ1n) is 12.9. The zero-order valence-electron chi connectivity index (χ0n) is 21.5. The molecule has 0 saturated carbocycles. The Morgan fingerprint density at radius 3 is 2.52 bits per heavy atom. The zero-order valence-corrected chi connectivity index (χ0v) is 21.5. The van der Waals surface area contributed by atoms with Crippen LogP contribution >= 0.6 is 0 Å². The van der Waals surface area contributed by atoms with Crippen molar-refractivity contribution in [3.63, 3.8) is 0 Å². The van der Waals surface area contributed by atoms with Crippen molar-refractivity contribution in [2.45, 2.75) is 37.1 Å². The van der Waals surface area contributed by atoms with Crippen LogP contribution in [0.5, 0.6) is 17.5 Å². The molecule has 0 spiro atoms. The number of nitriles is 1. The molecule has 3 aromatic carbocycles. The standard InChI is InChI=1S/C30H25N5O5/c1-29-24(36)14-30(40-29,12-13-39-20-9-7-19(8-10-20)34-17-32-16-33-34)26-25(29)27(37)35(28(26)38)23-11-6-18(15-31)21-4-2-3-5-22(21)23/h2-11,16-17,24,36-38H,12-14H2,1H3/t24?,29-,30+/m0/s1. The quantitative estimate of drug-likeness (QED) is 0.295. The van der Waals surface area contributed by atoms with Gasteiger partial charge in [0, 0.05) is 23.6 Å². The Bertz CT molecular complexity index is 1810.